The fourth-order valence-electron chi connectivity index (χ4n) is 1.48. The maximum Gasteiger partial charge on any atom is 0.0379 e. The Hall–Kier alpha value is -1.50. The Morgan fingerprint density at radius 3 is 2.59 bits per heavy atom. The summed E-state index contributed by atoms with van der Waals surface area (Å²) >= 11 is 0. The Kier molecular flexibility index (Phi) is 6.16. The Morgan fingerprint density at radius 1 is 1.29 bits per heavy atom. The SMILES string of the molecule is C=CCCc1ccc(N/C=C\C(C)CC)cc1. The van der Waals surface area contributed by atoms with Crippen LogP contribution in [0.2, 0.25) is 0 Å². The largest absolute Gasteiger partial charge is 0.362 e. The second kappa shape index (κ2) is 7.72. The standard InChI is InChI=1S/C16H23N/c1-4-6-7-15-8-10-16(11-9-15)17-13-12-14(3)5-2/h4,8-14,17H,1,5-7H2,2-3H3/b13-12-. The van der Waals surface area contributed by atoms with Crippen molar-refractivity contribution >= 4 is 5.69 Å². The summed E-state index contributed by atoms with van der Waals surface area (Å²) in [6.45, 7) is 8.15. The molecule has 0 spiro atoms. The van der Waals surface area contributed by atoms with Crippen LogP contribution >= 0.6 is 0 Å². The molecule has 0 aliphatic carbocycles. The predicted octanol–water partition coefficient (Wildman–Crippen LogP) is 4.78. The van der Waals surface area contributed by atoms with Crippen molar-refractivity contribution in [1.29, 1.82) is 0 Å². The molecule has 1 N–H and O–H groups in total. The third-order valence-electron chi connectivity index (χ3n) is 2.91. The van der Waals surface area contributed by atoms with E-state index in [4.69, 9.17) is 0 Å². The zero-order valence-electron chi connectivity index (χ0n) is 10.9. The van der Waals surface area contributed by atoms with Crippen LogP contribution in [0.4, 0.5) is 5.69 Å². The number of benzene rings is 1. The molecule has 1 heteroatoms. The highest BCUT2D eigenvalue weighted by atomic mass is 14.8. The molecule has 1 aromatic carbocycles. The molecule has 0 aliphatic heterocycles. The fourth-order valence-corrected chi connectivity index (χ4v) is 1.48. The van der Waals surface area contributed by atoms with Gasteiger partial charge in [0.25, 0.3) is 0 Å². The van der Waals surface area contributed by atoms with Crippen LogP contribution in [0, 0.1) is 5.92 Å². The van der Waals surface area contributed by atoms with Gasteiger partial charge in [-0.3, -0.25) is 0 Å². The van der Waals surface area contributed by atoms with E-state index in [1.54, 1.807) is 0 Å². The van der Waals surface area contributed by atoms with E-state index in [0.717, 1.165) is 18.5 Å². The first-order valence-electron chi connectivity index (χ1n) is 6.39. The van der Waals surface area contributed by atoms with Gasteiger partial charge in [0.2, 0.25) is 0 Å². The Morgan fingerprint density at radius 2 is 2.00 bits per heavy atom. The van der Waals surface area contributed by atoms with E-state index >= 15 is 0 Å². The number of anilines is 1. The van der Waals surface area contributed by atoms with Crippen molar-refractivity contribution in [3.63, 3.8) is 0 Å². The Labute approximate surface area is 105 Å². The van der Waals surface area contributed by atoms with Gasteiger partial charge in [0, 0.05) is 5.69 Å². The summed E-state index contributed by atoms with van der Waals surface area (Å²) in [4.78, 5) is 0. The monoisotopic (exact) mass is 229 g/mol. The van der Waals surface area contributed by atoms with Gasteiger partial charge in [0.05, 0.1) is 0 Å². The average molecular weight is 229 g/mol. The molecule has 0 fully saturated rings. The zero-order valence-corrected chi connectivity index (χ0v) is 10.9. The molecule has 0 aromatic heterocycles. The quantitative estimate of drug-likeness (QED) is 0.664. The molecule has 1 atom stereocenters. The second-order valence-electron chi connectivity index (χ2n) is 4.41. The first kappa shape index (κ1) is 13.6. The topological polar surface area (TPSA) is 12.0 Å². The van der Waals surface area contributed by atoms with Crippen LogP contribution < -0.4 is 5.32 Å². The van der Waals surface area contributed by atoms with Crippen LogP contribution in [0.5, 0.6) is 0 Å². The van der Waals surface area contributed by atoms with Crippen molar-refractivity contribution in [2.24, 2.45) is 5.92 Å². The number of hydrogen-bond acceptors (Lipinski definition) is 1. The number of nitrogens with one attached hydrogen (secondary N) is 1. The molecule has 1 nitrogen and oxygen atoms in total. The molecule has 1 aromatic rings. The van der Waals surface area contributed by atoms with Crippen LogP contribution in [0.25, 0.3) is 0 Å². The van der Waals surface area contributed by atoms with E-state index in [-0.39, 0.29) is 0 Å². The number of hydrogen-bond donors (Lipinski definition) is 1. The predicted molar refractivity (Wildman–Crippen MR) is 77.2 cm³/mol. The van der Waals surface area contributed by atoms with Crippen molar-refractivity contribution in [3.8, 4) is 0 Å². The van der Waals surface area contributed by atoms with Crippen LogP contribution in [-0.2, 0) is 6.42 Å². The maximum atomic E-state index is 3.74. The lowest BCUT2D eigenvalue weighted by Crippen LogP contribution is -1.91. The molecule has 0 amide bonds. The van der Waals surface area contributed by atoms with Gasteiger partial charge in [-0.2, -0.15) is 0 Å². The van der Waals surface area contributed by atoms with Gasteiger partial charge < -0.3 is 5.32 Å². The third kappa shape index (κ3) is 5.39. The molecule has 0 heterocycles. The Bertz CT molecular complexity index is 348. The summed E-state index contributed by atoms with van der Waals surface area (Å²) in [6, 6.07) is 8.59. The van der Waals surface area contributed by atoms with E-state index in [9.17, 15) is 0 Å². The van der Waals surface area contributed by atoms with Crippen molar-refractivity contribution in [1.82, 2.24) is 0 Å². The minimum absolute atomic E-state index is 0.634. The zero-order chi connectivity index (χ0) is 12.5. The van der Waals surface area contributed by atoms with Crippen molar-refractivity contribution in [2.45, 2.75) is 33.1 Å². The van der Waals surface area contributed by atoms with Crippen LogP contribution in [0.3, 0.4) is 0 Å². The molecule has 1 unspecified atom stereocenters. The summed E-state index contributed by atoms with van der Waals surface area (Å²) in [5, 5.41) is 3.29. The molecular formula is C16H23N. The fraction of sp³-hybridized carbons (Fsp3) is 0.375. The third-order valence-corrected chi connectivity index (χ3v) is 2.91. The molecular weight excluding hydrogens is 206 g/mol. The van der Waals surface area contributed by atoms with Crippen molar-refractivity contribution in [3.05, 3.63) is 54.8 Å². The molecule has 0 radical (unpaired) electrons. The van der Waals surface area contributed by atoms with Crippen molar-refractivity contribution < 1.29 is 0 Å². The van der Waals surface area contributed by atoms with Gasteiger partial charge in [-0.1, -0.05) is 44.6 Å². The average Bonchev–Trinajstić information content (AvgIpc) is 2.37. The van der Waals surface area contributed by atoms with Gasteiger partial charge in [-0.05, 0) is 42.7 Å². The van der Waals surface area contributed by atoms with E-state index in [0.29, 0.717) is 5.92 Å². The Balaban J connectivity index is 2.45. The maximum absolute atomic E-state index is 3.74. The summed E-state index contributed by atoms with van der Waals surface area (Å²) < 4.78 is 0. The van der Waals surface area contributed by atoms with Gasteiger partial charge in [0.1, 0.15) is 0 Å². The molecule has 17 heavy (non-hydrogen) atoms. The smallest absolute Gasteiger partial charge is 0.0379 e. The van der Waals surface area contributed by atoms with E-state index in [2.05, 4.69) is 56.1 Å². The lowest BCUT2D eigenvalue weighted by molar-refractivity contribution is 0.697. The minimum atomic E-state index is 0.634. The number of aryl methyl sites for hydroxylation is 1. The van der Waals surface area contributed by atoms with Gasteiger partial charge in [-0.25, -0.2) is 0 Å². The van der Waals surface area contributed by atoms with Gasteiger partial charge >= 0.3 is 0 Å². The molecule has 92 valence electrons. The molecule has 0 bridgehead atoms. The lowest BCUT2D eigenvalue weighted by Gasteiger charge is -2.04. The summed E-state index contributed by atoms with van der Waals surface area (Å²) in [5.74, 6) is 0.634. The van der Waals surface area contributed by atoms with Gasteiger partial charge in [-0.15, -0.1) is 6.58 Å². The minimum Gasteiger partial charge on any atom is -0.362 e. The van der Waals surface area contributed by atoms with Gasteiger partial charge in [0.15, 0.2) is 0 Å². The molecule has 1 rings (SSSR count). The second-order valence-corrected chi connectivity index (χ2v) is 4.41. The molecule has 0 saturated heterocycles. The van der Waals surface area contributed by atoms with E-state index < -0.39 is 0 Å². The summed E-state index contributed by atoms with van der Waals surface area (Å²) in [7, 11) is 0. The highest BCUT2D eigenvalue weighted by Crippen LogP contribution is 2.11. The van der Waals surface area contributed by atoms with Crippen LogP contribution in [0.1, 0.15) is 32.3 Å². The van der Waals surface area contributed by atoms with E-state index in [1.165, 1.54) is 12.0 Å². The van der Waals surface area contributed by atoms with Crippen LogP contribution in [0.15, 0.2) is 49.2 Å². The van der Waals surface area contributed by atoms with Crippen molar-refractivity contribution in [2.75, 3.05) is 5.32 Å². The first-order chi connectivity index (χ1) is 8.26. The molecule has 0 aliphatic rings. The highest BCUT2D eigenvalue weighted by Gasteiger charge is 1.93. The lowest BCUT2D eigenvalue weighted by atomic mass is 10.1. The van der Waals surface area contributed by atoms with E-state index in [1.807, 2.05) is 12.3 Å². The number of rotatable bonds is 7. The normalized spacial score (nSPS) is 12.6. The first-order valence-corrected chi connectivity index (χ1v) is 6.39. The van der Waals surface area contributed by atoms with Crippen LogP contribution in [-0.4, -0.2) is 0 Å². The summed E-state index contributed by atoms with van der Waals surface area (Å²) in [5.41, 5.74) is 2.51. The molecule has 0 saturated carbocycles. The number of allylic oxidation sites excluding steroid dienone is 2. The summed E-state index contributed by atoms with van der Waals surface area (Å²) in [6.07, 6.45) is 9.49. The highest BCUT2D eigenvalue weighted by molar-refractivity contribution is 5.46.